The molecule has 30 heavy (non-hydrogen) atoms. The summed E-state index contributed by atoms with van der Waals surface area (Å²) in [6, 6.07) is 0. The van der Waals surface area contributed by atoms with Crippen LogP contribution in [0, 0.1) is 0 Å². The summed E-state index contributed by atoms with van der Waals surface area (Å²) in [5.41, 5.74) is 0. The zero-order chi connectivity index (χ0) is 25.0. The summed E-state index contributed by atoms with van der Waals surface area (Å²) in [4.78, 5) is 10.3. The minimum atomic E-state index is -8.17. The van der Waals surface area contributed by atoms with E-state index in [-0.39, 0.29) is 0 Å². The third-order valence-electron chi connectivity index (χ3n) is 2.60. The largest absolute Gasteiger partial charge is 0.575 e. The van der Waals surface area contributed by atoms with E-state index in [1.165, 1.54) is 0 Å². The molecule has 180 valence electrons. The van der Waals surface area contributed by atoms with E-state index in [1.807, 2.05) is 0 Å². The number of carbonyl (C=O) groups excluding carboxylic acids is 1. The lowest BCUT2D eigenvalue weighted by atomic mass is 10.1. The molecule has 0 aliphatic rings. The highest BCUT2D eigenvalue weighted by Gasteiger charge is 2.87. The number of ether oxygens (including phenoxy) is 2. The first-order valence-corrected chi connectivity index (χ1v) is 5.92. The molecule has 0 N–H and O–H groups in total. The summed E-state index contributed by atoms with van der Waals surface area (Å²) in [7, 11) is 0. The summed E-state index contributed by atoms with van der Waals surface area (Å²) in [5.74, 6) is -36.3. The maximum Gasteiger partial charge on any atom is 0.575 e. The Labute approximate surface area is 149 Å². The van der Waals surface area contributed by atoms with Crippen molar-refractivity contribution in [3.8, 4) is 0 Å². The van der Waals surface area contributed by atoms with Crippen molar-refractivity contribution in [3.05, 3.63) is 0 Å². The standard InChI is InChI=1S/C9F18O3/c10-2(11,1(28)29-9(25,26)27)3(12,13)7(21,22)30-8(23,24)5(16,17)4(14,15)6(18,19)20. The van der Waals surface area contributed by atoms with E-state index in [0.29, 0.717) is 0 Å². The Morgan fingerprint density at radius 3 is 1.13 bits per heavy atom. The monoisotopic (exact) mass is 498 g/mol. The van der Waals surface area contributed by atoms with Crippen LogP contribution >= 0.6 is 0 Å². The van der Waals surface area contributed by atoms with Crippen molar-refractivity contribution in [2.75, 3.05) is 0 Å². The third-order valence-corrected chi connectivity index (χ3v) is 2.60. The van der Waals surface area contributed by atoms with Gasteiger partial charge < -0.3 is 4.74 Å². The molecule has 0 saturated heterocycles. The van der Waals surface area contributed by atoms with Gasteiger partial charge >= 0.3 is 54.4 Å². The van der Waals surface area contributed by atoms with Gasteiger partial charge in [0.25, 0.3) is 0 Å². The van der Waals surface area contributed by atoms with Crippen LogP contribution in [0.4, 0.5) is 79.0 Å². The first kappa shape index (κ1) is 28.2. The summed E-state index contributed by atoms with van der Waals surface area (Å²) in [6.07, 6.45) is -30.2. The van der Waals surface area contributed by atoms with E-state index < -0.39 is 54.4 Å². The highest BCUT2D eigenvalue weighted by molar-refractivity contribution is 5.79. The van der Waals surface area contributed by atoms with Gasteiger partial charge in [-0.05, 0) is 0 Å². The van der Waals surface area contributed by atoms with E-state index in [4.69, 9.17) is 0 Å². The van der Waals surface area contributed by atoms with Gasteiger partial charge in [0.05, 0.1) is 0 Å². The summed E-state index contributed by atoms with van der Waals surface area (Å²) in [6.45, 7) is 0. The van der Waals surface area contributed by atoms with E-state index in [1.54, 1.807) is 4.74 Å². The molecule has 0 rings (SSSR count). The van der Waals surface area contributed by atoms with Crippen molar-refractivity contribution in [2.45, 2.75) is 48.4 Å². The van der Waals surface area contributed by atoms with Crippen LogP contribution in [0.5, 0.6) is 0 Å². The molecule has 3 nitrogen and oxygen atoms in total. The molecule has 0 radical (unpaired) electrons. The number of carbonyl (C=O) groups is 1. The molecule has 0 atom stereocenters. The average Bonchev–Trinajstić information content (AvgIpc) is 2.41. The normalized spacial score (nSPS) is 15.9. The minimum Gasteiger partial charge on any atom is -0.368 e. The predicted octanol–water partition coefficient (Wildman–Crippen LogP) is 5.36. The van der Waals surface area contributed by atoms with E-state index in [0.717, 1.165) is 4.74 Å². The molecule has 0 saturated carbocycles. The fourth-order valence-corrected chi connectivity index (χ4v) is 1.13. The zero-order valence-electron chi connectivity index (χ0n) is 12.5. The second-order valence-electron chi connectivity index (χ2n) is 4.77. The smallest absolute Gasteiger partial charge is 0.368 e. The summed E-state index contributed by atoms with van der Waals surface area (Å²) >= 11 is 0. The van der Waals surface area contributed by atoms with Crippen molar-refractivity contribution < 1.29 is 93.3 Å². The van der Waals surface area contributed by atoms with Gasteiger partial charge in [0.2, 0.25) is 0 Å². The van der Waals surface area contributed by atoms with Crippen molar-refractivity contribution in [3.63, 3.8) is 0 Å². The fraction of sp³-hybridized carbons (Fsp3) is 0.889. The first-order chi connectivity index (χ1) is 12.6. The minimum absolute atomic E-state index is 1.09. The molecule has 0 spiro atoms. The van der Waals surface area contributed by atoms with Crippen LogP contribution in [0.2, 0.25) is 0 Å². The molecule has 21 heteroatoms. The average molecular weight is 498 g/mol. The lowest BCUT2D eigenvalue weighted by Crippen LogP contribution is -2.66. The van der Waals surface area contributed by atoms with Crippen LogP contribution in [0.25, 0.3) is 0 Å². The molecule has 0 aromatic carbocycles. The SMILES string of the molecule is O=C(OC(F)(F)F)C(F)(F)C(F)(F)C(F)(F)OC(F)(F)C(F)(F)C(F)(F)C(F)(F)F. The number of alkyl halides is 18. The predicted molar refractivity (Wildman–Crippen MR) is 49.0 cm³/mol. The Hall–Kier alpha value is -1.83. The summed E-state index contributed by atoms with van der Waals surface area (Å²) in [5, 5.41) is 0. The molecule has 0 heterocycles. The molecule has 0 bridgehead atoms. The molecule has 0 unspecified atom stereocenters. The van der Waals surface area contributed by atoms with Crippen molar-refractivity contribution >= 4 is 5.97 Å². The number of esters is 1. The lowest BCUT2D eigenvalue weighted by molar-refractivity contribution is -0.511. The molecular weight excluding hydrogens is 498 g/mol. The van der Waals surface area contributed by atoms with Crippen molar-refractivity contribution in [1.29, 1.82) is 0 Å². The topological polar surface area (TPSA) is 35.5 Å². The molecule has 0 aromatic rings. The highest BCUT2D eigenvalue weighted by atomic mass is 19.4. The second-order valence-corrected chi connectivity index (χ2v) is 4.77. The van der Waals surface area contributed by atoms with Crippen LogP contribution in [0.15, 0.2) is 0 Å². The number of halogens is 18. The molecule has 0 aliphatic heterocycles. The lowest BCUT2D eigenvalue weighted by Gasteiger charge is -2.37. The first-order valence-electron chi connectivity index (χ1n) is 5.92. The van der Waals surface area contributed by atoms with Crippen LogP contribution < -0.4 is 0 Å². The van der Waals surface area contributed by atoms with Gasteiger partial charge in [-0.3, -0.25) is 0 Å². The van der Waals surface area contributed by atoms with Crippen LogP contribution in [0.3, 0.4) is 0 Å². The second kappa shape index (κ2) is 7.11. The maximum absolute atomic E-state index is 13.0. The van der Waals surface area contributed by atoms with E-state index in [2.05, 4.69) is 0 Å². The van der Waals surface area contributed by atoms with Crippen LogP contribution in [-0.2, 0) is 14.3 Å². The van der Waals surface area contributed by atoms with Gasteiger partial charge in [-0.25, -0.2) is 9.53 Å². The Morgan fingerprint density at radius 1 is 0.500 bits per heavy atom. The van der Waals surface area contributed by atoms with Gasteiger partial charge in [0, 0.05) is 0 Å². The van der Waals surface area contributed by atoms with E-state index >= 15 is 0 Å². The molecule has 0 amide bonds. The Bertz CT molecular complexity index is 642. The highest BCUT2D eigenvalue weighted by Crippen LogP contribution is 2.57. The van der Waals surface area contributed by atoms with E-state index in [9.17, 15) is 83.8 Å². The molecule has 0 aliphatic carbocycles. The number of hydrogen-bond donors (Lipinski definition) is 0. The van der Waals surface area contributed by atoms with Gasteiger partial charge in [0.1, 0.15) is 0 Å². The zero-order valence-corrected chi connectivity index (χ0v) is 12.5. The molecule has 0 aromatic heterocycles. The van der Waals surface area contributed by atoms with Crippen LogP contribution in [0.1, 0.15) is 0 Å². The van der Waals surface area contributed by atoms with Gasteiger partial charge in [-0.15, -0.1) is 13.2 Å². The Kier molecular flexibility index (Phi) is 6.67. The maximum atomic E-state index is 13.0. The number of hydrogen-bond acceptors (Lipinski definition) is 3. The van der Waals surface area contributed by atoms with Crippen molar-refractivity contribution in [1.82, 2.24) is 0 Å². The van der Waals surface area contributed by atoms with Crippen LogP contribution in [-0.4, -0.2) is 54.4 Å². The van der Waals surface area contributed by atoms with Crippen molar-refractivity contribution in [2.24, 2.45) is 0 Å². The molecular formula is C9F18O3. The fourth-order valence-electron chi connectivity index (χ4n) is 1.13. The molecule has 0 fully saturated rings. The number of rotatable bonds is 7. The summed E-state index contributed by atoms with van der Waals surface area (Å²) < 4.78 is 226. The Balaban J connectivity index is 6.17. The van der Waals surface area contributed by atoms with Gasteiger partial charge in [0.15, 0.2) is 0 Å². The quantitative estimate of drug-likeness (QED) is 0.351. The Morgan fingerprint density at radius 2 is 0.833 bits per heavy atom. The van der Waals surface area contributed by atoms with Gasteiger partial charge in [-0.2, -0.15) is 65.9 Å². The third kappa shape index (κ3) is 4.58. The van der Waals surface area contributed by atoms with Gasteiger partial charge in [-0.1, -0.05) is 0 Å².